The van der Waals surface area contributed by atoms with E-state index in [9.17, 15) is 4.79 Å². The molecule has 2 aromatic rings. The Hall–Kier alpha value is -1.81. The number of rotatable bonds is 1. The third kappa shape index (κ3) is 1.59. The van der Waals surface area contributed by atoms with E-state index in [0.717, 1.165) is 0 Å². The fourth-order valence-corrected chi connectivity index (χ4v) is 1.62. The lowest BCUT2D eigenvalue weighted by Crippen LogP contribution is -2.01. The topological polar surface area (TPSA) is 76.2 Å². The van der Waals surface area contributed by atoms with Crippen LogP contribution in [0.4, 0.5) is 5.69 Å². The van der Waals surface area contributed by atoms with E-state index >= 15 is 0 Å². The Bertz CT molecular complexity index is 554. The Morgan fingerprint density at radius 2 is 2.13 bits per heavy atom. The summed E-state index contributed by atoms with van der Waals surface area (Å²) in [6.45, 7) is 0. The number of benzene rings is 1. The highest BCUT2D eigenvalue weighted by Gasteiger charge is 2.10. The summed E-state index contributed by atoms with van der Waals surface area (Å²) in [7, 11) is 0. The summed E-state index contributed by atoms with van der Waals surface area (Å²) in [4.78, 5) is 14.5. The first-order valence-corrected chi connectivity index (χ1v) is 4.55. The summed E-state index contributed by atoms with van der Waals surface area (Å²) in [5.74, 6) is -1.12. The van der Waals surface area contributed by atoms with Crippen LogP contribution < -0.4 is 5.73 Å². The van der Waals surface area contributed by atoms with Crippen molar-refractivity contribution in [1.29, 1.82) is 0 Å². The van der Waals surface area contributed by atoms with Crippen molar-refractivity contribution in [3.8, 4) is 0 Å². The number of carboxylic acids is 1. The van der Waals surface area contributed by atoms with E-state index in [2.05, 4.69) is 4.98 Å². The van der Waals surface area contributed by atoms with Gasteiger partial charge in [-0.15, -0.1) is 0 Å². The molecule has 0 amide bonds. The lowest BCUT2D eigenvalue weighted by Gasteiger charge is -2.04. The molecule has 3 N–H and O–H groups in total. The maximum Gasteiger partial charge on any atom is 0.354 e. The molecule has 15 heavy (non-hydrogen) atoms. The zero-order chi connectivity index (χ0) is 11.0. The lowest BCUT2D eigenvalue weighted by molar-refractivity contribution is 0.0691. The van der Waals surface area contributed by atoms with E-state index in [1.54, 1.807) is 18.2 Å². The molecule has 2 rings (SSSR count). The van der Waals surface area contributed by atoms with Crippen molar-refractivity contribution in [2.24, 2.45) is 0 Å². The molecule has 0 bridgehead atoms. The third-order valence-electron chi connectivity index (χ3n) is 2.08. The number of nitrogens with two attached hydrogens (primary N) is 1. The van der Waals surface area contributed by atoms with Crippen LogP contribution in [-0.2, 0) is 0 Å². The number of nitrogens with zero attached hydrogens (tertiary/aromatic N) is 1. The molecular formula is C10H7ClN2O2. The summed E-state index contributed by atoms with van der Waals surface area (Å²) < 4.78 is 0. The van der Waals surface area contributed by atoms with Gasteiger partial charge in [0.25, 0.3) is 0 Å². The van der Waals surface area contributed by atoms with Gasteiger partial charge in [0.2, 0.25) is 0 Å². The Balaban J connectivity index is 2.85. The molecule has 1 heterocycles. The van der Waals surface area contributed by atoms with Gasteiger partial charge in [-0.2, -0.15) is 0 Å². The van der Waals surface area contributed by atoms with Crippen LogP contribution in [-0.4, -0.2) is 16.1 Å². The zero-order valence-corrected chi connectivity index (χ0v) is 8.32. The van der Waals surface area contributed by atoms with Crippen LogP contribution in [0.15, 0.2) is 24.3 Å². The number of nitrogen functional groups attached to an aromatic ring is 1. The van der Waals surface area contributed by atoms with Crippen LogP contribution in [0.5, 0.6) is 0 Å². The van der Waals surface area contributed by atoms with E-state index in [-0.39, 0.29) is 10.8 Å². The molecular weight excluding hydrogens is 216 g/mol. The van der Waals surface area contributed by atoms with Crippen molar-refractivity contribution < 1.29 is 9.90 Å². The molecule has 0 atom stereocenters. The molecule has 1 aromatic heterocycles. The van der Waals surface area contributed by atoms with Gasteiger partial charge in [-0.25, -0.2) is 9.78 Å². The van der Waals surface area contributed by atoms with Gasteiger partial charge >= 0.3 is 5.97 Å². The largest absolute Gasteiger partial charge is 0.477 e. The van der Waals surface area contributed by atoms with Crippen LogP contribution in [0, 0.1) is 0 Å². The number of fused-ring (bicyclic) bond motifs is 1. The van der Waals surface area contributed by atoms with Gasteiger partial charge in [0, 0.05) is 16.5 Å². The second-order valence-electron chi connectivity index (χ2n) is 3.05. The molecule has 0 fully saturated rings. The maximum atomic E-state index is 10.7. The van der Waals surface area contributed by atoms with Gasteiger partial charge in [0.1, 0.15) is 5.15 Å². The molecule has 0 saturated carbocycles. The van der Waals surface area contributed by atoms with E-state index in [0.29, 0.717) is 16.5 Å². The predicted octanol–water partition coefficient (Wildman–Crippen LogP) is 2.17. The lowest BCUT2D eigenvalue weighted by atomic mass is 10.1. The molecule has 0 aliphatic carbocycles. The number of pyridine rings is 1. The highest BCUT2D eigenvalue weighted by Crippen LogP contribution is 2.26. The van der Waals surface area contributed by atoms with Crippen molar-refractivity contribution in [1.82, 2.24) is 4.98 Å². The standard InChI is InChI=1S/C10H7ClN2O2/c11-9-5-2-1-3-7(12)6(5)4-8(13-9)10(14)15/h1-4H,12H2,(H,14,15). The second kappa shape index (κ2) is 3.40. The first-order chi connectivity index (χ1) is 7.09. The highest BCUT2D eigenvalue weighted by atomic mass is 35.5. The summed E-state index contributed by atoms with van der Waals surface area (Å²) in [5.41, 5.74) is 6.09. The predicted molar refractivity (Wildman–Crippen MR) is 58.1 cm³/mol. The van der Waals surface area contributed by atoms with Gasteiger partial charge in [0.05, 0.1) is 0 Å². The zero-order valence-electron chi connectivity index (χ0n) is 7.57. The monoisotopic (exact) mass is 222 g/mol. The van der Waals surface area contributed by atoms with Crippen LogP contribution >= 0.6 is 11.6 Å². The van der Waals surface area contributed by atoms with Crippen molar-refractivity contribution in [3.05, 3.63) is 35.1 Å². The Morgan fingerprint density at radius 1 is 1.40 bits per heavy atom. The van der Waals surface area contributed by atoms with Crippen molar-refractivity contribution in [2.75, 3.05) is 5.73 Å². The summed E-state index contributed by atoms with van der Waals surface area (Å²) in [6.07, 6.45) is 0. The number of hydrogen-bond acceptors (Lipinski definition) is 3. The molecule has 0 spiro atoms. The van der Waals surface area contributed by atoms with Gasteiger partial charge in [-0.05, 0) is 12.1 Å². The summed E-state index contributed by atoms with van der Waals surface area (Å²) >= 11 is 5.85. The minimum atomic E-state index is -1.12. The van der Waals surface area contributed by atoms with E-state index in [4.69, 9.17) is 22.4 Å². The quantitative estimate of drug-likeness (QED) is 0.573. The Labute approximate surface area is 90.3 Å². The number of halogens is 1. The van der Waals surface area contributed by atoms with E-state index in [1.165, 1.54) is 6.07 Å². The number of aromatic carboxylic acids is 1. The van der Waals surface area contributed by atoms with Crippen LogP contribution in [0.25, 0.3) is 10.8 Å². The third-order valence-corrected chi connectivity index (χ3v) is 2.37. The van der Waals surface area contributed by atoms with E-state index in [1.807, 2.05) is 0 Å². The van der Waals surface area contributed by atoms with Gasteiger partial charge in [-0.1, -0.05) is 23.7 Å². The number of carboxylic acid groups (broad SMARTS) is 1. The second-order valence-corrected chi connectivity index (χ2v) is 3.40. The Kier molecular flexibility index (Phi) is 2.21. The molecule has 5 heteroatoms. The van der Waals surface area contributed by atoms with Crippen LogP contribution in [0.1, 0.15) is 10.5 Å². The van der Waals surface area contributed by atoms with Crippen molar-refractivity contribution in [3.63, 3.8) is 0 Å². The molecule has 76 valence electrons. The number of carbonyl (C=O) groups is 1. The summed E-state index contributed by atoms with van der Waals surface area (Å²) in [5, 5.41) is 10.2. The molecule has 0 aliphatic heterocycles. The first kappa shape index (κ1) is 9.73. The van der Waals surface area contributed by atoms with Crippen LogP contribution in [0.3, 0.4) is 0 Å². The fraction of sp³-hybridized carbons (Fsp3) is 0. The number of anilines is 1. The maximum absolute atomic E-state index is 10.7. The molecule has 4 nitrogen and oxygen atoms in total. The smallest absolute Gasteiger partial charge is 0.354 e. The molecule has 0 unspecified atom stereocenters. The molecule has 1 aromatic carbocycles. The van der Waals surface area contributed by atoms with Gasteiger partial charge in [0.15, 0.2) is 5.69 Å². The number of aromatic nitrogens is 1. The molecule has 0 aliphatic rings. The molecule has 0 saturated heterocycles. The van der Waals surface area contributed by atoms with Gasteiger partial charge < -0.3 is 10.8 Å². The highest BCUT2D eigenvalue weighted by molar-refractivity contribution is 6.34. The molecule has 0 radical (unpaired) electrons. The van der Waals surface area contributed by atoms with Gasteiger partial charge in [-0.3, -0.25) is 0 Å². The first-order valence-electron chi connectivity index (χ1n) is 4.17. The fourth-order valence-electron chi connectivity index (χ4n) is 1.37. The SMILES string of the molecule is Nc1cccc2c(Cl)nc(C(=O)O)cc12. The average molecular weight is 223 g/mol. The normalized spacial score (nSPS) is 10.5. The Morgan fingerprint density at radius 3 is 2.80 bits per heavy atom. The minimum absolute atomic E-state index is 0.106. The van der Waals surface area contributed by atoms with Crippen molar-refractivity contribution >= 4 is 34.0 Å². The summed E-state index contributed by atoms with van der Waals surface area (Å²) in [6, 6.07) is 6.58. The minimum Gasteiger partial charge on any atom is -0.477 e. The van der Waals surface area contributed by atoms with Crippen LogP contribution in [0.2, 0.25) is 5.15 Å². The van der Waals surface area contributed by atoms with Crippen molar-refractivity contribution in [2.45, 2.75) is 0 Å². The van der Waals surface area contributed by atoms with E-state index < -0.39 is 5.97 Å². The average Bonchev–Trinajstić information content (AvgIpc) is 2.19. The number of hydrogen-bond donors (Lipinski definition) is 2.